The summed E-state index contributed by atoms with van der Waals surface area (Å²) in [6.45, 7) is 0. The van der Waals surface area contributed by atoms with Crippen LogP contribution >= 0.6 is 23.5 Å². The zero-order chi connectivity index (χ0) is 15.6. The molecular formula is H3Ca4O15P3+2. The van der Waals surface area contributed by atoms with Crippen molar-refractivity contribution in [2.75, 3.05) is 0 Å². The van der Waals surface area contributed by atoms with Crippen LogP contribution in [0.5, 0.6) is 0 Å². The first-order valence-electron chi connectivity index (χ1n) is 2.74. The fourth-order valence-corrected chi connectivity index (χ4v) is 0. The van der Waals surface area contributed by atoms with E-state index in [1.165, 1.54) is 0 Å². The van der Waals surface area contributed by atoms with Gasteiger partial charge in [0.2, 0.25) is 0 Å². The molecule has 0 heterocycles. The molecule has 0 aromatic rings. The molecule has 3 unspecified atom stereocenters. The van der Waals surface area contributed by atoms with E-state index in [-0.39, 0.29) is 151 Å². The van der Waals surface area contributed by atoms with E-state index in [1.807, 2.05) is 0 Å². The van der Waals surface area contributed by atoms with Gasteiger partial charge in [-0.05, 0) is 0 Å². The van der Waals surface area contributed by atoms with Gasteiger partial charge >= 0.3 is 151 Å². The molecule has 0 radical (unpaired) electrons. The van der Waals surface area contributed by atoms with Crippen LogP contribution in [0.4, 0.5) is 0 Å². The molecule has 22 heavy (non-hydrogen) atoms. The van der Waals surface area contributed by atoms with Crippen LogP contribution in [0.1, 0.15) is 0 Å². The molecule has 3 N–H and O–H groups in total. The zero-order valence-corrected chi connectivity index (χ0v) is 21.9. The van der Waals surface area contributed by atoms with Crippen molar-refractivity contribution < 1.29 is 72.9 Å². The fourth-order valence-electron chi connectivity index (χ4n) is 0. The minimum atomic E-state index is -4.95. The standard InChI is InChI=1S/4Ca.3H3O5P/c;;;;3*1-5-6(2,3)4/h;;;;3*1H,(H2,2,3,4)/q4*+2;;;/p-6. The van der Waals surface area contributed by atoms with E-state index in [9.17, 15) is 0 Å². The third-order valence-corrected chi connectivity index (χ3v) is 0.848. The second kappa shape index (κ2) is 24.3. The van der Waals surface area contributed by atoms with Gasteiger partial charge in [-0.3, -0.25) is 13.7 Å². The van der Waals surface area contributed by atoms with Crippen molar-refractivity contribution in [3.05, 3.63) is 0 Å². The molecule has 22 heteroatoms. The summed E-state index contributed by atoms with van der Waals surface area (Å²) in [5.41, 5.74) is 0. The Hall–Kier alpha value is 5.25. The number of hydrogen-bond acceptors (Lipinski definition) is 12. The number of rotatable bonds is 3. The Balaban J connectivity index is -0.0000000281. The van der Waals surface area contributed by atoms with Crippen molar-refractivity contribution in [3.8, 4) is 0 Å². The Bertz CT molecular complexity index is 271. The molecule has 0 aromatic heterocycles. The summed E-state index contributed by atoms with van der Waals surface area (Å²) < 4.78 is 33.9. The molecule has 0 aliphatic rings. The van der Waals surface area contributed by atoms with Crippen LogP contribution in [0, 0.1) is 0 Å². The van der Waals surface area contributed by atoms with Gasteiger partial charge in [-0.2, -0.15) is 0 Å². The Morgan fingerprint density at radius 2 is 0.591 bits per heavy atom. The van der Waals surface area contributed by atoms with E-state index in [2.05, 4.69) is 14.0 Å². The molecule has 0 aliphatic heterocycles. The maximum absolute atomic E-state index is 9.05. The maximum atomic E-state index is 9.05. The van der Waals surface area contributed by atoms with Crippen LogP contribution in [0.3, 0.4) is 0 Å². The first kappa shape index (κ1) is 45.8. The molecule has 15 nitrogen and oxygen atoms in total. The summed E-state index contributed by atoms with van der Waals surface area (Å²) in [6.07, 6.45) is 0. The van der Waals surface area contributed by atoms with Gasteiger partial charge in [-0.15, -0.1) is 0 Å². The molecule has 0 amide bonds. The largest absolute Gasteiger partial charge is 2.00 e. The summed E-state index contributed by atoms with van der Waals surface area (Å²) in [6, 6.07) is 0. The molecule has 0 rings (SSSR count). The van der Waals surface area contributed by atoms with Gasteiger partial charge in [-0.1, -0.05) is 0 Å². The molecule has 114 valence electrons. The van der Waals surface area contributed by atoms with Gasteiger partial charge in [0, 0.05) is 0 Å². The van der Waals surface area contributed by atoms with Crippen molar-refractivity contribution >= 4 is 174 Å². The van der Waals surface area contributed by atoms with E-state index in [4.69, 9.17) is 58.8 Å². The summed E-state index contributed by atoms with van der Waals surface area (Å²) in [5.74, 6) is 0. The van der Waals surface area contributed by atoms with Gasteiger partial charge in [0.1, 0.15) is 0 Å². The van der Waals surface area contributed by atoms with Crippen LogP contribution in [0.15, 0.2) is 0 Å². The monoisotopic (exact) mass is 496 g/mol. The normalized spacial score (nSPS) is 16.2. The molecule has 0 saturated heterocycles. The van der Waals surface area contributed by atoms with Crippen molar-refractivity contribution in [3.63, 3.8) is 0 Å². The summed E-state index contributed by atoms with van der Waals surface area (Å²) in [4.78, 5) is 49.0. The van der Waals surface area contributed by atoms with Gasteiger partial charge in [0.25, 0.3) is 23.5 Å². The van der Waals surface area contributed by atoms with E-state index >= 15 is 0 Å². The van der Waals surface area contributed by atoms with Crippen LogP contribution in [-0.4, -0.2) is 166 Å². The molecular weight excluding hydrogens is 493 g/mol. The average Bonchev–Trinajstić information content (AvgIpc) is 2.16. The molecule has 0 spiro atoms. The van der Waals surface area contributed by atoms with E-state index < -0.39 is 23.5 Å². The SMILES string of the molecule is O=P([O-])(O)O[O-].O=P([O-])(O)O[O-].O=P([O-])(O)O[O-].[Ca+2].[Ca+2].[Ca+2].[Ca+2]. The van der Waals surface area contributed by atoms with Crippen molar-refractivity contribution in [2.24, 2.45) is 0 Å². The average molecular weight is 496 g/mol. The van der Waals surface area contributed by atoms with Crippen molar-refractivity contribution in [1.29, 1.82) is 0 Å². The minimum absolute atomic E-state index is 0. The summed E-state index contributed by atoms with van der Waals surface area (Å²) >= 11 is 0. The Labute approximate surface area is 242 Å². The molecule has 0 aliphatic carbocycles. The topological polar surface area (TPSA) is 278 Å². The molecule has 0 saturated carbocycles. The smallest absolute Gasteiger partial charge is 0.757 e. The minimum Gasteiger partial charge on any atom is -0.757 e. The third kappa shape index (κ3) is 73.1. The quantitative estimate of drug-likeness (QED) is 0.141. The van der Waals surface area contributed by atoms with Gasteiger partial charge in [0.05, 0.1) is 0 Å². The van der Waals surface area contributed by atoms with Crippen LogP contribution in [-0.2, 0) is 27.7 Å². The maximum Gasteiger partial charge on any atom is 2.00 e. The van der Waals surface area contributed by atoms with Gasteiger partial charge < -0.3 is 59.2 Å². The predicted octanol–water partition coefficient (Wildman–Crippen LogP) is -8.31. The van der Waals surface area contributed by atoms with E-state index in [0.29, 0.717) is 0 Å². The van der Waals surface area contributed by atoms with Gasteiger partial charge in [0.15, 0.2) is 0 Å². The van der Waals surface area contributed by atoms with Crippen LogP contribution in [0.25, 0.3) is 0 Å². The Morgan fingerprint density at radius 3 is 0.591 bits per heavy atom. The second-order valence-electron chi connectivity index (χ2n) is 1.63. The first-order valence-corrected chi connectivity index (χ1v) is 7.23. The summed E-state index contributed by atoms with van der Waals surface area (Å²) in [5, 5.41) is 25.9. The first-order chi connectivity index (χ1) is 7.68. The number of phosphoric acid groups is 3. The molecule has 0 fully saturated rings. The van der Waals surface area contributed by atoms with Crippen molar-refractivity contribution in [1.82, 2.24) is 0 Å². The predicted molar refractivity (Wildman–Crippen MR) is 55.7 cm³/mol. The fraction of sp³-hybridized carbons (Fsp3) is 0. The third-order valence-electron chi connectivity index (χ3n) is 0.283. The van der Waals surface area contributed by atoms with Crippen LogP contribution in [0.2, 0.25) is 0 Å². The number of hydrogen-bond donors (Lipinski definition) is 3. The van der Waals surface area contributed by atoms with E-state index in [1.54, 1.807) is 0 Å². The van der Waals surface area contributed by atoms with Crippen molar-refractivity contribution in [2.45, 2.75) is 0 Å². The second-order valence-corrected chi connectivity index (χ2v) is 4.89. The zero-order valence-electron chi connectivity index (χ0n) is 10.4. The van der Waals surface area contributed by atoms with E-state index in [0.717, 1.165) is 0 Å². The summed E-state index contributed by atoms with van der Waals surface area (Å²) in [7, 11) is -14.9. The Kier molecular flexibility index (Phi) is 50.5. The van der Waals surface area contributed by atoms with Gasteiger partial charge in [-0.25, -0.2) is 0 Å². The van der Waals surface area contributed by atoms with Crippen LogP contribution < -0.4 is 30.5 Å². The Morgan fingerprint density at radius 1 is 0.545 bits per heavy atom. The molecule has 0 bridgehead atoms. The molecule has 3 atom stereocenters. The molecule has 0 aromatic carbocycles.